The second-order valence-electron chi connectivity index (χ2n) is 5.61. The summed E-state index contributed by atoms with van der Waals surface area (Å²) in [4.78, 5) is 22.6. The molecule has 1 aliphatic heterocycles. The Balaban J connectivity index is 1.76. The molecule has 122 valence electrons. The molecular formula is C19H11NO5. The lowest BCUT2D eigenvalue weighted by Gasteiger charge is -2.03. The van der Waals surface area contributed by atoms with Crippen LogP contribution in [0.2, 0.25) is 0 Å². The molecule has 0 aliphatic carbocycles. The molecule has 3 aromatic carbocycles. The number of Topliss-reactive ketones (excluding diaryl/α,β-unsaturated/α-hetero) is 1. The largest absolute Gasteiger partial charge is 0.502 e. The summed E-state index contributed by atoms with van der Waals surface area (Å²) in [5, 5.41) is 22.3. The Bertz CT molecular complexity index is 1080. The Hall–Kier alpha value is -3.67. The van der Waals surface area contributed by atoms with Gasteiger partial charge in [-0.3, -0.25) is 14.9 Å². The van der Waals surface area contributed by atoms with Crippen LogP contribution >= 0.6 is 0 Å². The van der Waals surface area contributed by atoms with Crippen molar-refractivity contribution in [3.8, 4) is 11.5 Å². The van der Waals surface area contributed by atoms with Crippen LogP contribution in [0, 0.1) is 10.1 Å². The first-order chi connectivity index (χ1) is 12.0. The number of carbonyl (C=O) groups is 1. The van der Waals surface area contributed by atoms with E-state index in [1.54, 1.807) is 6.07 Å². The van der Waals surface area contributed by atoms with Crippen LogP contribution in [-0.2, 0) is 0 Å². The van der Waals surface area contributed by atoms with Crippen LogP contribution < -0.4 is 4.74 Å². The third-order valence-corrected chi connectivity index (χ3v) is 4.05. The SMILES string of the molecule is O=C1C(=Cc2ccc([N+](=O)[O-])c(O)c2)Oc2c1ccc1ccccc21. The highest BCUT2D eigenvalue weighted by atomic mass is 16.6. The van der Waals surface area contributed by atoms with E-state index in [2.05, 4.69) is 0 Å². The fraction of sp³-hybridized carbons (Fsp3) is 0. The summed E-state index contributed by atoms with van der Waals surface area (Å²) >= 11 is 0. The van der Waals surface area contributed by atoms with Crippen molar-refractivity contribution in [2.75, 3.05) is 0 Å². The Kier molecular flexibility index (Phi) is 3.25. The van der Waals surface area contributed by atoms with Gasteiger partial charge in [0, 0.05) is 11.5 Å². The minimum absolute atomic E-state index is 0.111. The normalized spacial score (nSPS) is 14.6. The molecule has 3 aromatic rings. The van der Waals surface area contributed by atoms with Crippen molar-refractivity contribution in [2.45, 2.75) is 0 Å². The molecule has 0 aromatic heterocycles. The molecule has 0 saturated carbocycles. The van der Waals surface area contributed by atoms with E-state index in [9.17, 15) is 20.0 Å². The maximum absolute atomic E-state index is 12.5. The topological polar surface area (TPSA) is 89.7 Å². The van der Waals surface area contributed by atoms with Crippen molar-refractivity contribution in [1.82, 2.24) is 0 Å². The van der Waals surface area contributed by atoms with Gasteiger partial charge in [-0.05, 0) is 35.2 Å². The molecule has 0 fully saturated rings. The number of allylic oxidation sites excluding steroid dienone is 1. The molecule has 0 bridgehead atoms. The molecule has 4 rings (SSSR count). The number of carbonyl (C=O) groups excluding carboxylic acids is 1. The summed E-state index contributed by atoms with van der Waals surface area (Å²) in [6, 6.07) is 15.0. The first-order valence-electron chi connectivity index (χ1n) is 7.48. The maximum Gasteiger partial charge on any atom is 0.310 e. The van der Waals surface area contributed by atoms with Crippen molar-refractivity contribution in [1.29, 1.82) is 0 Å². The van der Waals surface area contributed by atoms with Crippen LogP contribution in [0.4, 0.5) is 5.69 Å². The van der Waals surface area contributed by atoms with Gasteiger partial charge in [0.2, 0.25) is 5.78 Å². The summed E-state index contributed by atoms with van der Waals surface area (Å²) in [5.74, 6) is -0.119. The number of nitro benzene ring substituents is 1. The monoisotopic (exact) mass is 333 g/mol. The van der Waals surface area contributed by atoms with E-state index in [4.69, 9.17) is 4.74 Å². The van der Waals surface area contributed by atoms with Crippen LogP contribution in [0.5, 0.6) is 11.5 Å². The van der Waals surface area contributed by atoms with Crippen molar-refractivity contribution >= 4 is 28.3 Å². The average molecular weight is 333 g/mol. The van der Waals surface area contributed by atoms with Crippen LogP contribution in [0.25, 0.3) is 16.8 Å². The average Bonchev–Trinajstić information content (AvgIpc) is 2.91. The predicted molar refractivity (Wildman–Crippen MR) is 91.6 cm³/mol. The molecule has 6 nitrogen and oxygen atoms in total. The zero-order valence-corrected chi connectivity index (χ0v) is 12.8. The molecule has 1 aliphatic rings. The molecule has 1 heterocycles. The van der Waals surface area contributed by atoms with E-state index in [-0.39, 0.29) is 11.5 Å². The number of ketones is 1. The Morgan fingerprint density at radius 2 is 1.88 bits per heavy atom. The van der Waals surface area contributed by atoms with Gasteiger partial charge in [0.05, 0.1) is 10.5 Å². The van der Waals surface area contributed by atoms with E-state index in [1.807, 2.05) is 30.3 Å². The standard InChI is InChI=1S/C19H11NO5/c21-16-9-11(5-8-15(16)20(23)24)10-17-18(22)14-7-6-12-3-1-2-4-13(12)19(14)25-17/h1-10,21H. The van der Waals surface area contributed by atoms with Gasteiger partial charge in [0.25, 0.3) is 0 Å². The molecular weight excluding hydrogens is 322 g/mol. The fourth-order valence-electron chi connectivity index (χ4n) is 2.85. The smallest absolute Gasteiger partial charge is 0.310 e. The van der Waals surface area contributed by atoms with Crippen LogP contribution in [0.1, 0.15) is 15.9 Å². The molecule has 0 spiro atoms. The number of nitro groups is 1. The third kappa shape index (κ3) is 2.40. The van der Waals surface area contributed by atoms with E-state index in [1.165, 1.54) is 24.3 Å². The number of aromatic hydroxyl groups is 1. The van der Waals surface area contributed by atoms with Gasteiger partial charge in [-0.15, -0.1) is 0 Å². The Morgan fingerprint density at radius 3 is 2.64 bits per heavy atom. The highest BCUT2D eigenvalue weighted by molar-refractivity contribution is 6.17. The van der Waals surface area contributed by atoms with Gasteiger partial charge < -0.3 is 9.84 Å². The molecule has 0 amide bonds. The number of hydrogen-bond acceptors (Lipinski definition) is 5. The Labute approximate surface area is 141 Å². The summed E-state index contributed by atoms with van der Waals surface area (Å²) in [5.41, 5.74) is 0.509. The lowest BCUT2D eigenvalue weighted by molar-refractivity contribution is -0.385. The van der Waals surface area contributed by atoms with Gasteiger partial charge >= 0.3 is 5.69 Å². The molecule has 0 unspecified atom stereocenters. The summed E-state index contributed by atoms with van der Waals surface area (Å²) in [6.45, 7) is 0. The van der Waals surface area contributed by atoms with Crippen LogP contribution in [0.3, 0.4) is 0 Å². The molecule has 25 heavy (non-hydrogen) atoms. The number of phenols is 1. The number of ether oxygens (including phenoxy) is 1. The zero-order chi connectivity index (χ0) is 17.6. The van der Waals surface area contributed by atoms with E-state index in [0.29, 0.717) is 16.9 Å². The first-order valence-corrected chi connectivity index (χ1v) is 7.48. The van der Waals surface area contributed by atoms with Gasteiger partial charge in [-0.1, -0.05) is 30.3 Å². The number of fused-ring (bicyclic) bond motifs is 3. The lowest BCUT2D eigenvalue weighted by atomic mass is 10.0. The molecule has 6 heteroatoms. The lowest BCUT2D eigenvalue weighted by Crippen LogP contribution is -1.98. The fourth-order valence-corrected chi connectivity index (χ4v) is 2.85. The maximum atomic E-state index is 12.5. The van der Waals surface area contributed by atoms with Crippen LogP contribution in [-0.4, -0.2) is 15.8 Å². The summed E-state index contributed by atoms with van der Waals surface area (Å²) < 4.78 is 5.75. The molecule has 1 N–H and O–H groups in total. The highest BCUT2D eigenvalue weighted by Gasteiger charge is 2.29. The number of benzene rings is 3. The first kappa shape index (κ1) is 14.9. The second-order valence-corrected chi connectivity index (χ2v) is 5.61. The Morgan fingerprint density at radius 1 is 1.08 bits per heavy atom. The second kappa shape index (κ2) is 5.45. The van der Waals surface area contributed by atoms with Gasteiger partial charge in [0.1, 0.15) is 5.75 Å². The van der Waals surface area contributed by atoms with Gasteiger partial charge in [0.15, 0.2) is 11.5 Å². The number of phenolic OH excluding ortho intramolecular Hbond substituents is 1. The van der Waals surface area contributed by atoms with Gasteiger partial charge in [-0.25, -0.2) is 0 Å². The minimum Gasteiger partial charge on any atom is -0.502 e. The zero-order valence-electron chi connectivity index (χ0n) is 12.8. The van der Waals surface area contributed by atoms with Crippen molar-refractivity contribution in [2.24, 2.45) is 0 Å². The van der Waals surface area contributed by atoms with Crippen molar-refractivity contribution in [3.05, 3.63) is 81.6 Å². The van der Waals surface area contributed by atoms with Crippen molar-refractivity contribution in [3.63, 3.8) is 0 Å². The number of nitrogens with zero attached hydrogens (tertiary/aromatic N) is 1. The van der Waals surface area contributed by atoms with Crippen LogP contribution in [0.15, 0.2) is 60.4 Å². The molecule has 0 saturated heterocycles. The number of hydrogen-bond donors (Lipinski definition) is 1. The van der Waals surface area contributed by atoms with E-state index in [0.717, 1.165) is 10.8 Å². The minimum atomic E-state index is -0.675. The van der Waals surface area contributed by atoms with Crippen molar-refractivity contribution < 1.29 is 19.6 Å². The summed E-state index contributed by atoms with van der Waals surface area (Å²) in [7, 11) is 0. The number of rotatable bonds is 2. The van der Waals surface area contributed by atoms with E-state index >= 15 is 0 Å². The predicted octanol–water partition coefficient (Wildman–Crippen LogP) is 4.07. The van der Waals surface area contributed by atoms with E-state index < -0.39 is 16.4 Å². The third-order valence-electron chi connectivity index (χ3n) is 4.05. The molecule has 0 atom stereocenters. The highest BCUT2D eigenvalue weighted by Crippen LogP contribution is 2.38. The quantitative estimate of drug-likeness (QED) is 0.434. The van der Waals surface area contributed by atoms with Gasteiger partial charge in [-0.2, -0.15) is 0 Å². The summed E-state index contributed by atoms with van der Waals surface area (Å²) in [6.07, 6.45) is 1.46. The molecule has 0 radical (unpaired) electrons.